The van der Waals surface area contributed by atoms with Crippen molar-refractivity contribution >= 4 is 73.3 Å². The molecule has 0 bridgehead atoms. The number of benzene rings is 2. The Balaban J connectivity index is 1.68. The highest BCUT2D eigenvalue weighted by molar-refractivity contribution is 7.89. The van der Waals surface area contributed by atoms with Gasteiger partial charge in [-0.1, -0.05) is 23.2 Å². The lowest BCUT2D eigenvalue weighted by Crippen LogP contribution is -2.14. The highest BCUT2D eigenvalue weighted by atomic mass is 35.5. The monoisotopic (exact) mass is 593 g/mol. The van der Waals surface area contributed by atoms with E-state index in [-0.39, 0.29) is 31.9 Å². The molecule has 0 saturated carbocycles. The molecule has 0 fully saturated rings. The first-order chi connectivity index (χ1) is 16.6. The lowest BCUT2D eigenvalue weighted by atomic mass is 10.2. The van der Waals surface area contributed by atoms with Crippen LogP contribution < -0.4 is 30.4 Å². The largest absolute Gasteiger partial charge is 0.805 e. The van der Waals surface area contributed by atoms with Crippen molar-refractivity contribution < 1.29 is 30.4 Å². The van der Waals surface area contributed by atoms with E-state index in [4.69, 9.17) is 42.5 Å². The Morgan fingerprint density at radius 3 is 1.39 bits per heavy atom. The van der Waals surface area contributed by atoms with E-state index in [0.717, 1.165) is 36.4 Å². The fourth-order valence-electron chi connectivity index (χ4n) is 3.13. The minimum Gasteiger partial charge on any atom is -0.319 e. The second-order valence-corrected chi connectivity index (χ2v) is 11.8. The minimum atomic E-state index is -4.19. The zero-order valence-electron chi connectivity index (χ0n) is 17.3. The van der Waals surface area contributed by atoms with Gasteiger partial charge in [0.1, 0.15) is 9.79 Å². The van der Waals surface area contributed by atoms with E-state index < -0.39 is 60.7 Å². The lowest BCUT2D eigenvalue weighted by Gasteiger charge is -2.05. The predicted octanol–water partition coefficient (Wildman–Crippen LogP) is 2.09. The van der Waals surface area contributed by atoms with Gasteiger partial charge >= 0.3 is 8.25 Å². The van der Waals surface area contributed by atoms with E-state index in [1.165, 1.54) is 0 Å². The number of primary sulfonamides is 2. The Hall–Kier alpha value is -3.04. The summed E-state index contributed by atoms with van der Waals surface area (Å²) in [6.07, 6.45) is 0. The summed E-state index contributed by atoms with van der Waals surface area (Å²) in [4.78, 5) is 28.5. The number of hydrogen-bond acceptors (Lipinski definition) is 9. The molecule has 4 aromatic rings. The van der Waals surface area contributed by atoms with Crippen molar-refractivity contribution in [2.24, 2.45) is 10.3 Å². The van der Waals surface area contributed by atoms with Crippen LogP contribution in [-0.2, 0) is 24.6 Å². The van der Waals surface area contributed by atoms with Crippen LogP contribution in [0.2, 0.25) is 10.0 Å². The van der Waals surface area contributed by atoms with Gasteiger partial charge in [0.15, 0.2) is 0 Å². The average molecular weight is 594 g/mol. The van der Waals surface area contributed by atoms with Gasteiger partial charge in [0, 0.05) is 27.5 Å². The maximum atomic E-state index is 12.4. The van der Waals surface area contributed by atoms with Gasteiger partial charge in [-0.05, 0) is 24.3 Å². The molecule has 0 saturated heterocycles. The van der Waals surface area contributed by atoms with Crippen LogP contribution in [0, 0.1) is 0 Å². The molecule has 18 heteroatoms. The van der Waals surface area contributed by atoms with E-state index in [1.807, 2.05) is 0 Å². The average Bonchev–Trinajstić information content (AvgIpc) is 2.73. The number of nitrogens with two attached hydrogens (primary N) is 2. The summed E-state index contributed by atoms with van der Waals surface area (Å²) in [5.74, 6) is -1.07. The van der Waals surface area contributed by atoms with Crippen molar-refractivity contribution in [3.05, 3.63) is 67.2 Å². The highest BCUT2D eigenvalue weighted by Crippen LogP contribution is 2.32. The number of hydrogen-bond donors (Lipinski definition) is 4. The van der Waals surface area contributed by atoms with Crippen molar-refractivity contribution in [1.29, 1.82) is 0 Å². The molecule has 6 N–H and O–H groups in total. The first kappa shape index (κ1) is 26.0. The van der Waals surface area contributed by atoms with Gasteiger partial charge in [-0.2, -0.15) is 0 Å². The maximum Gasteiger partial charge on any atom is 0.805 e. The Morgan fingerprint density at radius 2 is 1.06 bits per heavy atom. The van der Waals surface area contributed by atoms with E-state index in [0.29, 0.717) is 0 Å². The highest BCUT2D eigenvalue weighted by Gasteiger charge is 2.29. The molecular formula is C18H12Cl2N4O9PS2+. The number of aromatic nitrogens is 2. The maximum absolute atomic E-state index is 12.4. The normalized spacial score (nSPS) is 12.1. The lowest BCUT2D eigenvalue weighted by molar-refractivity contribution is 0.411. The molecule has 4 rings (SSSR count). The zero-order valence-corrected chi connectivity index (χ0v) is 21.4. The molecule has 2 aromatic carbocycles. The van der Waals surface area contributed by atoms with Crippen molar-refractivity contribution in [2.75, 3.05) is 0 Å². The fraction of sp³-hybridized carbons (Fsp3) is 0. The third-order valence-electron chi connectivity index (χ3n) is 4.68. The molecule has 0 radical (unpaired) electrons. The van der Waals surface area contributed by atoms with Gasteiger partial charge in [-0.15, -0.1) is 0 Å². The van der Waals surface area contributed by atoms with Crippen LogP contribution in [0.1, 0.15) is 0 Å². The third-order valence-corrected chi connectivity index (χ3v) is 8.13. The number of pyridine rings is 2. The van der Waals surface area contributed by atoms with Gasteiger partial charge in [-0.3, -0.25) is 9.59 Å². The first-order valence-corrected chi connectivity index (χ1v) is 14.2. The molecule has 2 aromatic heterocycles. The summed E-state index contributed by atoms with van der Waals surface area (Å²) in [6.45, 7) is 0. The quantitative estimate of drug-likeness (QED) is 0.240. The first-order valence-electron chi connectivity index (χ1n) is 9.25. The van der Waals surface area contributed by atoms with E-state index in [1.54, 1.807) is 0 Å². The predicted molar refractivity (Wildman–Crippen MR) is 131 cm³/mol. The third kappa shape index (κ3) is 5.22. The standard InChI is InChI=1S/C18H11Cl2N4O9PS2/c19-9-5-11-7(3-15(9)35(21,28)29)1-13(17(25)23-11)32-34(27)33-14-2-8-4-16(36(22,30)31)10(20)6-12(8)24-18(14)26/h1-6H,(H5-,21,22,23,24,25,26,28,29,30,31)/p+1. The Kier molecular flexibility index (Phi) is 6.59. The molecule has 0 aliphatic carbocycles. The van der Waals surface area contributed by atoms with Gasteiger partial charge in [0.25, 0.3) is 22.6 Å². The number of nitrogens with one attached hydrogen (secondary N) is 2. The Labute approximate surface area is 212 Å². The number of sulfonamides is 2. The van der Waals surface area contributed by atoms with Crippen LogP contribution in [0.4, 0.5) is 0 Å². The van der Waals surface area contributed by atoms with E-state index >= 15 is 0 Å². The summed E-state index contributed by atoms with van der Waals surface area (Å²) < 4.78 is 69.2. The Morgan fingerprint density at radius 1 is 0.694 bits per heavy atom. The SMILES string of the molecule is NS(=O)(=O)c1cc2cc(O[P+](=O)Oc3cc4cc(S(N)(=O)=O)c(Cl)cc4[nH]c3=O)c(=O)[nH]c2cc1Cl. The van der Waals surface area contributed by atoms with Gasteiger partial charge in [0.05, 0.1) is 21.1 Å². The van der Waals surface area contributed by atoms with Gasteiger partial charge in [0.2, 0.25) is 20.0 Å². The van der Waals surface area contributed by atoms with Crippen LogP contribution in [0.3, 0.4) is 0 Å². The second kappa shape index (κ2) is 9.12. The minimum absolute atomic E-state index is 0.123. The summed E-state index contributed by atoms with van der Waals surface area (Å²) in [6, 6.07) is 6.61. The van der Waals surface area contributed by atoms with Crippen molar-refractivity contribution in [2.45, 2.75) is 9.79 Å². The molecule has 0 spiro atoms. The summed E-state index contributed by atoms with van der Waals surface area (Å²) in [5, 5.41) is 10.0. The van der Waals surface area contributed by atoms with E-state index in [2.05, 4.69) is 9.97 Å². The van der Waals surface area contributed by atoms with Crippen LogP contribution in [-0.4, -0.2) is 26.8 Å². The molecule has 0 aliphatic rings. The van der Waals surface area contributed by atoms with Crippen molar-refractivity contribution in [1.82, 2.24) is 9.97 Å². The zero-order chi connectivity index (χ0) is 26.6. The number of fused-ring (bicyclic) bond motifs is 2. The smallest absolute Gasteiger partial charge is 0.319 e. The molecule has 0 unspecified atom stereocenters. The second-order valence-electron chi connectivity index (χ2n) is 7.16. The number of halogens is 2. The molecule has 13 nitrogen and oxygen atoms in total. The van der Waals surface area contributed by atoms with Crippen LogP contribution in [0.5, 0.6) is 11.5 Å². The molecule has 0 amide bonds. The number of rotatable bonds is 6. The topological polar surface area (TPSA) is 222 Å². The molecule has 2 heterocycles. The molecule has 188 valence electrons. The number of H-pyrrole nitrogens is 2. The van der Waals surface area contributed by atoms with Crippen LogP contribution in [0.15, 0.2) is 55.8 Å². The van der Waals surface area contributed by atoms with Crippen LogP contribution in [0.25, 0.3) is 21.8 Å². The van der Waals surface area contributed by atoms with Gasteiger partial charge in [-0.25, -0.2) is 36.2 Å². The van der Waals surface area contributed by atoms with Crippen molar-refractivity contribution in [3.63, 3.8) is 0 Å². The Bertz CT molecular complexity index is 1800. The number of aromatic amines is 2. The summed E-state index contributed by atoms with van der Waals surface area (Å²) >= 11 is 11.8. The summed E-state index contributed by atoms with van der Waals surface area (Å²) in [5.41, 5.74) is -1.46. The molecule has 36 heavy (non-hydrogen) atoms. The van der Waals surface area contributed by atoms with Crippen molar-refractivity contribution in [3.8, 4) is 11.5 Å². The fourth-order valence-corrected chi connectivity index (χ4v) is 5.97. The molecular weight excluding hydrogens is 582 g/mol. The van der Waals surface area contributed by atoms with E-state index in [9.17, 15) is 31.0 Å². The van der Waals surface area contributed by atoms with Gasteiger partial charge < -0.3 is 9.97 Å². The molecule has 0 atom stereocenters. The summed E-state index contributed by atoms with van der Waals surface area (Å²) in [7, 11) is -11.6. The molecule has 0 aliphatic heterocycles. The van der Waals surface area contributed by atoms with Crippen LogP contribution >= 0.6 is 31.5 Å².